The minimum Gasteiger partial charge on any atom is -0.369 e. The van der Waals surface area contributed by atoms with Crippen LogP contribution in [0.15, 0.2) is 17.2 Å². The highest BCUT2D eigenvalue weighted by Gasteiger charge is 2.13. The second kappa shape index (κ2) is 6.10. The third-order valence-electron chi connectivity index (χ3n) is 3.53. The summed E-state index contributed by atoms with van der Waals surface area (Å²) >= 11 is 1.65. The van der Waals surface area contributed by atoms with E-state index in [1.807, 2.05) is 5.51 Å². The molecule has 5 heteroatoms. The van der Waals surface area contributed by atoms with Crippen LogP contribution in [0.25, 0.3) is 0 Å². The Hall–Kier alpha value is -1.49. The van der Waals surface area contributed by atoms with Crippen LogP contribution in [0, 0.1) is 0 Å². The van der Waals surface area contributed by atoms with Crippen molar-refractivity contribution >= 4 is 17.2 Å². The molecule has 3 rings (SSSR count). The number of hydrogen-bond donors (Lipinski definition) is 1. The van der Waals surface area contributed by atoms with Gasteiger partial charge in [-0.25, -0.2) is 15.0 Å². The van der Waals surface area contributed by atoms with Crippen molar-refractivity contribution in [2.24, 2.45) is 0 Å². The predicted octanol–water partition coefficient (Wildman–Crippen LogP) is 2.86. The van der Waals surface area contributed by atoms with Gasteiger partial charge in [-0.2, -0.15) is 0 Å². The van der Waals surface area contributed by atoms with Gasteiger partial charge in [0, 0.05) is 29.6 Å². The summed E-state index contributed by atoms with van der Waals surface area (Å²) in [6, 6.07) is 0. The maximum atomic E-state index is 4.44. The lowest BCUT2D eigenvalue weighted by Crippen LogP contribution is -2.11. The summed E-state index contributed by atoms with van der Waals surface area (Å²) in [5.41, 5.74) is 5.60. The van der Waals surface area contributed by atoms with Gasteiger partial charge in [-0.3, -0.25) is 0 Å². The first kappa shape index (κ1) is 12.5. The monoisotopic (exact) mass is 274 g/mol. The van der Waals surface area contributed by atoms with Crippen LogP contribution in [0.1, 0.15) is 36.2 Å². The van der Waals surface area contributed by atoms with Gasteiger partial charge in [0.25, 0.3) is 0 Å². The summed E-state index contributed by atoms with van der Waals surface area (Å²) < 4.78 is 0. The Labute approximate surface area is 117 Å². The predicted molar refractivity (Wildman–Crippen MR) is 77.6 cm³/mol. The molecule has 0 saturated heterocycles. The largest absolute Gasteiger partial charge is 0.369 e. The van der Waals surface area contributed by atoms with E-state index >= 15 is 0 Å². The van der Waals surface area contributed by atoms with Crippen LogP contribution < -0.4 is 5.32 Å². The Morgan fingerprint density at radius 3 is 2.95 bits per heavy atom. The van der Waals surface area contributed by atoms with Crippen molar-refractivity contribution in [3.63, 3.8) is 0 Å². The smallest absolute Gasteiger partial charge is 0.132 e. The van der Waals surface area contributed by atoms with E-state index in [-0.39, 0.29) is 0 Å². The lowest BCUT2D eigenvalue weighted by atomic mass is 10.1. The molecule has 4 nitrogen and oxygen atoms in total. The van der Waals surface area contributed by atoms with E-state index in [0.717, 1.165) is 37.3 Å². The molecule has 2 heterocycles. The van der Waals surface area contributed by atoms with Crippen molar-refractivity contribution in [1.82, 2.24) is 15.0 Å². The van der Waals surface area contributed by atoms with E-state index in [1.54, 1.807) is 17.7 Å². The highest BCUT2D eigenvalue weighted by Crippen LogP contribution is 2.23. The van der Waals surface area contributed by atoms with Gasteiger partial charge >= 0.3 is 0 Å². The molecular weight excluding hydrogens is 256 g/mol. The van der Waals surface area contributed by atoms with E-state index in [2.05, 4.69) is 25.6 Å². The quantitative estimate of drug-likeness (QED) is 0.871. The number of fused-ring (bicyclic) bond motifs is 1. The Balaban J connectivity index is 1.67. The first-order valence-electron chi connectivity index (χ1n) is 6.87. The molecule has 2 aromatic rings. The molecule has 0 aliphatic heterocycles. The van der Waals surface area contributed by atoms with Crippen molar-refractivity contribution < 1.29 is 0 Å². The fraction of sp³-hybridized carbons (Fsp3) is 0.500. The van der Waals surface area contributed by atoms with Crippen LogP contribution >= 0.6 is 11.3 Å². The van der Waals surface area contributed by atoms with E-state index in [1.165, 1.54) is 30.5 Å². The Bertz CT molecular complexity index is 524. The third-order valence-corrected chi connectivity index (χ3v) is 4.17. The number of rotatable bonds is 4. The fourth-order valence-electron chi connectivity index (χ4n) is 2.52. The molecule has 0 aromatic carbocycles. The molecule has 0 spiro atoms. The van der Waals surface area contributed by atoms with Crippen molar-refractivity contribution in [3.05, 3.63) is 34.2 Å². The topological polar surface area (TPSA) is 50.7 Å². The van der Waals surface area contributed by atoms with Gasteiger partial charge < -0.3 is 5.32 Å². The second-order valence-corrected chi connectivity index (χ2v) is 5.58. The average molecular weight is 274 g/mol. The normalized spacial score (nSPS) is 14.7. The zero-order valence-corrected chi connectivity index (χ0v) is 11.7. The van der Waals surface area contributed by atoms with Gasteiger partial charge in [0.1, 0.15) is 12.1 Å². The Morgan fingerprint density at radius 2 is 2.05 bits per heavy atom. The van der Waals surface area contributed by atoms with Crippen LogP contribution in [0.3, 0.4) is 0 Å². The molecule has 19 heavy (non-hydrogen) atoms. The van der Waals surface area contributed by atoms with Crippen LogP contribution in [-0.2, 0) is 19.3 Å². The van der Waals surface area contributed by atoms with Gasteiger partial charge in [-0.05, 0) is 25.7 Å². The molecular formula is C14H18N4S. The van der Waals surface area contributed by atoms with Crippen LogP contribution in [0.4, 0.5) is 5.82 Å². The maximum Gasteiger partial charge on any atom is 0.132 e. The van der Waals surface area contributed by atoms with Crippen molar-refractivity contribution in [3.8, 4) is 0 Å². The highest BCUT2D eigenvalue weighted by molar-refractivity contribution is 7.07. The summed E-state index contributed by atoms with van der Waals surface area (Å²) in [7, 11) is 0. The third kappa shape index (κ3) is 3.10. The minimum atomic E-state index is 0.882. The van der Waals surface area contributed by atoms with Gasteiger partial charge in [-0.15, -0.1) is 11.3 Å². The summed E-state index contributed by atoms with van der Waals surface area (Å²) in [5, 5.41) is 5.55. The van der Waals surface area contributed by atoms with Crippen LogP contribution in [0.2, 0.25) is 0 Å². The summed E-state index contributed by atoms with van der Waals surface area (Å²) in [4.78, 5) is 13.1. The second-order valence-electron chi connectivity index (χ2n) is 4.86. The molecule has 0 unspecified atom stereocenters. The molecule has 100 valence electrons. The maximum absolute atomic E-state index is 4.44. The van der Waals surface area contributed by atoms with E-state index in [9.17, 15) is 0 Å². The number of thiazole rings is 1. The van der Waals surface area contributed by atoms with Crippen molar-refractivity contribution in [2.45, 2.75) is 38.5 Å². The van der Waals surface area contributed by atoms with Crippen molar-refractivity contribution in [1.29, 1.82) is 0 Å². The first-order valence-corrected chi connectivity index (χ1v) is 7.81. The average Bonchev–Trinajstić information content (AvgIpc) is 2.82. The van der Waals surface area contributed by atoms with Gasteiger partial charge in [0.2, 0.25) is 0 Å². The Morgan fingerprint density at radius 1 is 1.11 bits per heavy atom. The summed E-state index contributed by atoms with van der Waals surface area (Å²) in [6.07, 6.45) is 8.64. The van der Waals surface area contributed by atoms with Crippen molar-refractivity contribution in [2.75, 3.05) is 11.9 Å². The fourth-order valence-corrected chi connectivity index (χ4v) is 3.11. The summed E-state index contributed by atoms with van der Waals surface area (Å²) in [6.45, 7) is 0.882. The first-order chi connectivity index (χ1) is 9.43. The van der Waals surface area contributed by atoms with Crippen LogP contribution in [-0.4, -0.2) is 21.5 Å². The molecule has 0 amide bonds. The molecule has 1 aliphatic carbocycles. The van der Waals surface area contributed by atoms with Crippen LogP contribution in [0.5, 0.6) is 0 Å². The van der Waals surface area contributed by atoms with E-state index in [4.69, 9.17) is 0 Å². The SMILES string of the molecule is c1nc2c(c(NCCc3cscn3)n1)CCCCC2. The van der Waals surface area contributed by atoms with Gasteiger partial charge in [0.15, 0.2) is 0 Å². The summed E-state index contributed by atoms with van der Waals surface area (Å²) in [5.74, 6) is 1.03. The number of anilines is 1. The number of hydrogen-bond acceptors (Lipinski definition) is 5. The number of aromatic nitrogens is 3. The van der Waals surface area contributed by atoms with E-state index < -0.39 is 0 Å². The number of nitrogens with zero attached hydrogens (tertiary/aromatic N) is 3. The zero-order valence-electron chi connectivity index (χ0n) is 10.9. The molecule has 0 saturated carbocycles. The molecule has 0 bridgehead atoms. The molecule has 0 radical (unpaired) electrons. The Kier molecular flexibility index (Phi) is 4.03. The number of aryl methyl sites for hydroxylation is 1. The molecule has 2 aromatic heterocycles. The lowest BCUT2D eigenvalue weighted by molar-refractivity contribution is 0.708. The highest BCUT2D eigenvalue weighted by atomic mass is 32.1. The van der Waals surface area contributed by atoms with Gasteiger partial charge in [-0.1, -0.05) is 6.42 Å². The zero-order chi connectivity index (χ0) is 12.9. The molecule has 1 aliphatic rings. The molecule has 1 N–H and O–H groups in total. The molecule has 0 atom stereocenters. The van der Waals surface area contributed by atoms with Gasteiger partial charge in [0.05, 0.1) is 11.2 Å². The standard InChI is InChI=1S/C14H18N4S/c1-2-4-12-13(5-3-1)16-9-17-14(12)15-7-6-11-8-19-10-18-11/h8-10H,1-7H2,(H,15,16,17). The minimum absolute atomic E-state index is 0.882. The number of nitrogens with one attached hydrogen (secondary N) is 1. The molecule has 0 fully saturated rings. The van der Waals surface area contributed by atoms with E-state index in [0.29, 0.717) is 0 Å². The lowest BCUT2D eigenvalue weighted by Gasteiger charge is -2.11.